The van der Waals surface area contributed by atoms with Gasteiger partial charge in [-0.25, -0.2) is 8.42 Å². The normalized spacial score (nSPS) is 11.6. The second-order valence-electron chi connectivity index (χ2n) is 9.20. The van der Waals surface area contributed by atoms with Gasteiger partial charge in [0.05, 0.1) is 23.7 Å². The summed E-state index contributed by atoms with van der Waals surface area (Å²) in [5, 5.41) is 2.77. The number of hydrogen-bond donors (Lipinski definition) is 1. The van der Waals surface area contributed by atoms with Crippen molar-refractivity contribution in [1.29, 1.82) is 0 Å². The number of hydrogen-bond acceptors (Lipinski definition) is 5. The van der Waals surface area contributed by atoms with E-state index in [0.717, 1.165) is 15.6 Å². The number of carbonyl (C=O) groups is 1. The summed E-state index contributed by atoms with van der Waals surface area (Å²) in [7, 11) is -3.97. The molecule has 8 heteroatoms. The van der Waals surface area contributed by atoms with Crippen LogP contribution in [-0.4, -0.2) is 40.6 Å². The van der Waals surface area contributed by atoms with Crippen LogP contribution >= 0.6 is 0 Å². The minimum atomic E-state index is -3.97. The first kappa shape index (κ1) is 27.1. The van der Waals surface area contributed by atoms with Crippen molar-refractivity contribution >= 4 is 21.6 Å². The number of anilines is 1. The van der Waals surface area contributed by atoms with Gasteiger partial charge in [0.15, 0.2) is 0 Å². The van der Waals surface area contributed by atoms with Gasteiger partial charge in [0.2, 0.25) is 5.91 Å². The Morgan fingerprint density at radius 3 is 2.17 bits per heavy atom. The van der Waals surface area contributed by atoms with E-state index >= 15 is 0 Å². The molecule has 0 heterocycles. The van der Waals surface area contributed by atoms with Crippen LogP contribution in [0, 0.1) is 0 Å². The Morgan fingerprint density at radius 1 is 0.889 bits per heavy atom. The fraction of sp³-hybridized carbons (Fsp3) is 0.321. The quantitative estimate of drug-likeness (QED) is 0.376. The third-order valence-electron chi connectivity index (χ3n) is 5.43. The van der Waals surface area contributed by atoms with Crippen LogP contribution in [-0.2, 0) is 20.2 Å². The lowest BCUT2D eigenvalue weighted by molar-refractivity contribution is -0.119. The third-order valence-corrected chi connectivity index (χ3v) is 7.22. The minimum absolute atomic E-state index is 0.0795. The number of benzene rings is 3. The summed E-state index contributed by atoms with van der Waals surface area (Å²) in [6.45, 7) is 8.82. The van der Waals surface area contributed by atoms with E-state index in [0.29, 0.717) is 18.0 Å². The highest BCUT2D eigenvalue weighted by atomic mass is 32.2. The topological polar surface area (TPSA) is 84.9 Å². The van der Waals surface area contributed by atoms with Crippen molar-refractivity contribution < 1.29 is 22.7 Å². The molecule has 1 N–H and O–H groups in total. The molecule has 0 aliphatic heterocycles. The lowest BCUT2D eigenvalue weighted by Gasteiger charge is -2.24. The Balaban J connectivity index is 1.70. The number of amides is 1. The number of ether oxygens (including phenoxy) is 2. The second-order valence-corrected chi connectivity index (χ2v) is 11.1. The Labute approximate surface area is 214 Å². The zero-order chi connectivity index (χ0) is 26.2. The molecular weight excluding hydrogens is 476 g/mol. The lowest BCUT2D eigenvalue weighted by Crippen LogP contribution is -2.42. The van der Waals surface area contributed by atoms with E-state index in [-0.39, 0.29) is 30.0 Å². The first-order valence-corrected chi connectivity index (χ1v) is 13.4. The molecule has 3 aromatic rings. The molecule has 192 valence electrons. The molecule has 0 atom stereocenters. The number of nitrogens with zero attached hydrogens (tertiary/aromatic N) is 1. The molecule has 0 spiro atoms. The average molecular weight is 511 g/mol. The highest BCUT2D eigenvalue weighted by Crippen LogP contribution is 2.31. The van der Waals surface area contributed by atoms with Crippen LogP contribution in [0.2, 0.25) is 0 Å². The maximum atomic E-state index is 13.4. The fourth-order valence-electron chi connectivity index (χ4n) is 3.66. The summed E-state index contributed by atoms with van der Waals surface area (Å²) >= 11 is 0. The number of carbonyl (C=O) groups excluding carboxylic acids is 1. The predicted molar refractivity (Wildman–Crippen MR) is 142 cm³/mol. The molecule has 0 unspecified atom stereocenters. The van der Waals surface area contributed by atoms with Gasteiger partial charge in [0.25, 0.3) is 10.0 Å². The van der Waals surface area contributed by atoms with Crippen molar-refractivity contribution in [3.05, 3.63) is 84.4 Å². The molecule has 0 aliphatic carbocycles. The van der Waals surface area contributed by atoms with Crippen LogP contribution in [0.25, 0.3) is 0 Å². The Hall–Kier alpha value is -3.52. The van der Waals surface area contributed by atoms with Crippen molar-refractivity contribution in [3.8, 4) is 11.5 Å². The molecule has 3 rings (SSSR count). The Kier molecular flexibility index (Phi) is 8.98. The van der Waals surface area contributed by atoms with Crippen LogP contribution in [0.15, 0.2) is 83.8 Å². The molecule has 0 bridgehead atoms. The zero-order valence-electron chi connectivity index (χ0n) is 21.2. The molecular formula is C28H34N2O5S. The van der Waals surface area contributed by atoms with E-state index in [1.54, 1.807) is 42.5 Å². The summed E-state index contributed by atoms with van der Waals surface area (Å²) < 4.78 is 39.3. The third kappa shape index (κ3) is 7.01. The monoisotopic (exact) mass is 510 g/mol. The molecule has 7 nitrogen and oxygen atoms in total. The van der Waals surface area contributed by atoms with Gasteiger partial charge in [0.1, 0.15) is 24.7 Å². The highest BCUT2D eigenvalue weighted by Gasteiger charge is 2.27. The summed E-state index contributed by atoms with van der Waals surface area (Å²) in [5.41, 5.74) is 1.36. The standard InChI is InChI=1S/C28H34N2O5S/c1-5-34-23-17-15-22(16-18-23)30(36(32,33)24-11-7-6-8-12-24)21-27(31)29-19-20-35-26-14-10-9-13-25(26)28(2,3)4/h6-18H,5,19-21H2,1-4H3,(H,29,31). The molecule has 36 heavy (non-hydrogen) atoms. The first-order chi connectivity index (χ1) is 17.1. The van der Waals surface area contributed by atoms with Crippen LogP contribution in [0.4, 0.5) is 5.69 Å². The molecule has 0 radical (unpaired) electrons. The van der Waals surface area contributed by atoms with Crippen LogP contribution < -0.4 is 19.1 Å². The fourth-order valence-corrected chi connectivity index (χ4v) is 5.10. The summed E-state index contributed by atoms with van der Waals surface area (Å²) in [6, 6.07) is 22.5. The predicted octanol–water partition coefficient (Wildman–Crippen LogP) is 4.77. The maximum absolute atomic E-state index is 13.4. The van der Waals surface area contributed by atoms with Gasteiger partial charge in [-0.15, -0.1) is 0 Å². The Morgan fingerprint density at radius 2 is 1.53 bits per heavy atom. The van der Waals surface area contributed by atoms with Crippen molar-refractivity contribution in [3.63, 3.8) is 0 Å². The molecule has 0 fully saturated rings. The van der Waals surface area contributed by atoms with Gasteiger partial charge in [-0.1, -0.05) is 57.2 Å². The molecule has 1 amide bonds. The molecule has 0 aromatic heterocycles. The van der Waals surface area contributed by atoms with E-state index in [1.165, 1.54) is 12.1 Å². The first-order valence-electron chi connectivity index (χ1n) is 11.9. The van der Waals surface area contributed by atoms with Crippen LogP contribution in [0.5, 0.6) is 11.5 Å². The Bertz CT molecular complexity index is 1240. The van der Waals surface area contributed by atoms with Crippen molar-refractivity contribution in [1.82, 2.24) is 5.32 Å². The highest BCUT2D eigenvalue weighted by molar-refractivity contribution is 7.92. The van der Waals surface area contributed by atoms with E-state index in [4.69, 9.17) is 9.47 Å². The van der Waals surface area contributed by atoms with Gasteiger partial charge in [0, 0.05) is 0 Å². The van der Waals surface area contributed by atoms with Crippen molar-refractivity contribution in [2.24, 2.45) is 0 Å². The molecule has 0 saturated heterocycles. The minimum Gasteiger partial charge on any atom is -0.494 e. The molecule has 0 saturated carbocycles. The zero-order valence-corrected chi connectivity index (χ0v) is 22.0. The van der Waals surface area contributed by atoms with Crippen molar-refractivity contribution in [2.45, 2.75) is 38.0 Å². The van der Waals surface area contributed by atoms with Gasteiger partial charge >= 0.3 is 0 Å². The summed E-state index contributed by atoms with van der Waals surface area (Å²) in [4.78, 5) is 12.9. The SMILES string of the molecule is CCOc1ccc(N(CC(=O)NCCOc2ccccc2C(C)(C)C)S(=O)(=O)c2ccccc2)cc1. The average Bonchev–Trinajstić information content (AvgIpc) is 2.86. The van der Waals surface area contributed by atoms with E-state index in [1.807, 2.05) is 31.2 Å². The van der Waals surface area contributed by atoms with E-state index in [9.17, 15) is 13.2 Å². The number of sulfonamides is 1. The number of para-hydroxylation sites is 1. The van der Waals surface area contributed by atoms with Gasteiger partial charge in [-0.05, 0) is 60.4 Å². The number of rotatable bonds is 11. The van der Waals surface area contributed by atoms with E-state index in [2.05, 4.69) is 26.1 Å². The second kappa shape index (κ2) is 11.9. The molecule has 0 aliphatic rings. The largest absolute Gasteiger partial charge is 0.494 e. The van der Waals surface area contributed by atoms with Crippen molar-refractivity contribution in [2.75, 3.05) is 30.6 Å². The van der Waals surface area contributed by atoms with E-state index < -0.39 is 15.9 Å². The summed E-state index contributed by atoms with van der Waals surface area (Å²) in [5.74, 6) is 0.952. The summed E-state index contributed by atoms with van der Waals surface area (Å²) in [6.07, 6.45) is 0. The van der Waals surface area contributed by atoms with Crippen LogP contribution in [0.3, 0.4) is 0 Å². The van der Waals surface area contributed by atoms with Gasteiger partial charge in [-0.3, -0.25) is 9.10 Å². The van der Waals surface area contributed by atoms with Gasteiger partial charge < -0.3 is 14.8 Å². The smallest absolute Gasteiger partial charge is 0.264 e. The molecule has 3 aromatic carbocycles. The van der Waals surface area contributed by atoms with Gasteiger partial charge in [-0.2, -0.15) is 0 Å². The lowest BCUT2D eigenvalue weighted by atomic mass is 9.86. The maximum Gasteiger partial charge on any atom is 0.264 e. The van der Waals surface area contributed by atoms with Crippen LogP contribution in [0.1, 0.15) is 33.3 Å². The number of nitrogens with one attached hydrogen (secondary N) is 1.